The van der Waals surface area contributed by atoms with Gasteiger partial charge in [0.1, 0.15) is 5.75 Å². The van der Waals surface area contributed by atoms with E-state index in [2.05, 4.69) is 15.3 Å². The van der Waals surface area contributed by atoms with E-state index in [1.54, 1.807) is 36.4 Å². The van der Waals surface area contributed by atoms with Crippen molar-refractivity contribution in [1.29, 1.82) is 0 Å². The van der Waals surface area contributed by atoms with Crippen molar-refractivity contribution in [2.24, 2.45) is 10.9 Å². The van der Waals surface area contributed by atoms with Gasteiger partial charge in [-0.25, -0.2) is 14.8 Å². The van der Waals surface area contributed by atoms with Gasteiger partial charge in [0.15, 0.2) is 0 Å². The highest BCUT2D eigenvalue weighted by atomic mass is 16.5. The summed E-state index contributed by atoms with van der Waals surface area (Å²) >= 11 is 0. The molecule has 1 aromatic heterocycles. The maximum absolute atomic E-state index is 12.8. The number of aliphatic carboxylic acids is 1. The predicted molar refractivity (Wildman–Crippen MR) is 137 cm³/mol. The van der Waals surface area contributed by atoms with Crippen LogP contribution in [0, 0.1) is 12.8 Å². The summed E-state index contributed by atoms with van der Waals surface area (Å²) in [5.41, 5.74) is 8.63. The van der Waals surface area contributed by atoms with Crippen LogP contribution in [0.25, 0.3) is 0 Å². The van der Waals surface area contributed by atoms with Gasteiger partial charge in [-0.05, 0) is 42.8 Å². The number of nitrogens with two attached hydrogens (primary N) is 1. The van der Waals surface area contributed by atoms with E-state index in [1.807, 2.05) is 31.2 Å². The average molecular weight is 505 g/mol. The SMILES string of the molecule is Cc1ccc(CN2C(=Nc3ccc(Oc4ccc(N)cn4)cc3)NC(=O)N(C[C@H](C)C(=O)O)C2O)cc1. The van der Waals surface area contributed by atoms with Crippen molar-refractivity contribution in [3.8, 4) is 11.6 Å². The number of aliphatic imine (C=N–C) groups is 1. The summed E-state index contributed by atoms with van der Waals surface area (Å²) in [5, 5.41) is 23.1. The molecule has 4 rings (SSSR count). The van der Waals surface area contributed by atoms with Gasteiger partial charge in [-0.1, -0.05) is 36.8 Å². The lowest BCUT2D eigenvalue weighted by molar-refractivity contribution is -0.143. The van der Waals surface area contributed by atoms with E-state index in [1.165, 1.54) is 18.0 Å². The van der Waals surface area contributed by atoms with Crippen molar-refractivity contribution < 1.29 is 24.5 Å². The molecule has 37 heavy (non-hydrogen) atoms. The molecule has 2 amide bonds. The number of nitrogens with zero attached hydrogens (tertiary/aromatic N) is 4. The van der Waals surface area contributed by atoms with Crippen molar-refractivity contribution in [3.63, 3.8) is 0 Å². The standard InChI is InChI=1S/C26H28N6O5/c1-16-3-5-18(6-4-16)15-31-24(30-25(35)32(26(31)36)14-17(2)23(33)34)29-20-8-10-21(11-9-20)37-22-12-7-19(27)13-28-22/h3-13,17,26,36H,14-15,27H2,1-2H3,(H,33,34)(H,29,30,35)/t17-,26?/m0/s1. The molecule has 0 bridgehead atoms. The number of aliphatic hydroxyl groups excluding tert-OH is 1. The number of carbonyl (C=O) groups is 2. The number of rotatable bonds is 8. The number of carboxylic acid groups (broad SMARTS) is 1. The minimum Gasteiger partial charge on any atom is -0.481 e. The van der Waals surface area contributed by atoms with Gasteiger partial charge >= 0.3 is 12.0 Å². The van der Waals surface area contributed by atoms with Crippen molar-refractivity contribution >= 4 is 29.3 Å². The normalized spacial score (nSPS) is 17.4. The van der Waals surface area contributed by atoms with Crippen LogP contribution in [0.15, 0.2) is 71.9 Å². The fourth-order valence-corrected chi connectivity index (χ4v) is 3.59. The first-order valence-corrected chi connectivity index (χ1v) is 11.6. The Kier molecular flexibility index (Phi) is 7.54. The molecule has 2 aromatic carbocycles. The highest BCUT2D eigenvalue weighted by Gasteiger charge is 2.37. The van der Waals surface area contributed by atoms with Gasteiger partial charge in [0, 0.05) is 12.6 Å². The Morgan fingerprint density at radius 1 is 1.14 bits per heavy atom. The average Bonchev–Trinajstić information content (AvgIpc) is 2.87. The number of guanidine groups is 1. The van der Waals surface area contributed by atoms with Gasteiger partial charge in [0.05, 0.1) is 30.0 Å². The smallest absolute Gasteiger partial charge is 0.327 e. The van der Waals surface area contributed by atoms with Crippen molar-refractivity contribution in [3.05, 3.63) is 78.0 Å². The maximum Gasteiger partial charge on any atom is 0.327 e. The zero-order valence-corrected chi connectivity index (χ0v) is 20.4. The number of benzene rings is 2. The van der Waals surface area contributed by atoms with Gasteiger partial charge in [0.2, 0.25) is 18.2 Å². The second-order valence-electron chi connectivity index (χ2n) is 8.74. The number of aromatic nitrogens is 1. The molecule has 1 aliphatic heterocycles. The molecule has 2 heterocycles. The summed E-state index contributed by atoms with van der Waals surface area (Å²) in [6.07, 6.45) is 0.0744. The molecular formula is C26H28N6O5. The van der Waals surface area contributed by atoms with Crippen LogP contribution >= 0.6 is 0 Å². The van der Waals surface area contributed by atoms with Crippen LogP contribution < -0.4 is 15.8 Å². The maximum atomic E-state index is 12.8. The number of amides is 2. The summed E-state index contributed by atoms with van der Waals surface area (Å²) in [7, 11) is 0. The van der Waals surface area contributed by atoms with E-state index in [0.29, 0.717) is 23.0 Å². The van der Waals surface area contributed by atoms with E-state index in [4.69, 9.17) is 10.5 Å². The molecule has 1 aliphatic rings. The first-order valence-electron chi connectivity index (χ1n) is 11.6. The molecule has 1 unspecified atom stereocenters. The van der Waals surface area contributed by atoms with Gasteiger partial charge in [-0.15, -0.1) is 0 Å². The number of aliphatic hydroxyl groups is 1. The molecule has 0 saturated carbocycles. The third kappa shape index (κ3) is 6.33. The summed E-state index contributed by atoms with van der Waals surface area (Å²) in [4.78, 5) is 35.4. The van der Waals surface area contributed by atoms with E-state index in [0.717, 1.165) is 16.0 Å². The van der Waals surface area contributed by atoms with Crippen molar-refractivity contribution in [2.45, 2.75) is 26.7 Å². The number of hydrogen-bond acceptors (Lipinski definition) is 7. The fraction of sp³-hybridized carbons (Fsp3) is 0.231. The monoisotopic (exact) mass is 504 g/mol. The second kappa shape index (κ2) is 11.0. The molecule has 192 valence electrons. The van der Waals surface area contributed by atoms with Crippen LogP contribution in [0.3, 0.4) is 0 Å². The number of nitrogen functional groups attached to an aromatic ring is 1. The zero-order valence-electron chi connectivity index (χ0n) is 20.4. The Labute approximate surface area is 213 Å². The lowest BCUT2D eigenvalue weighted by Crippen LogP contribution is -2.66. The molecule has 5 N–H and O–H groups in total. The number of pyridine rings is 1. The number of anilines is 1. The molecule has 3 aromatic rings. The quantitative estimate of drug-likeness (QED) is 0.364. The summed E-state index contributed by atoms with van der Waals surface area (Å²) < 4.78 is 5.70. The summed E-state index contributed by atoms with van der Waals surface area (Å²) in [6, 6.07) is 17.2. The van der Waals surface area contributed by atoms with Crippen molar-refractivity contribution in [2.75, 3.05) is 12.3 Å². The lowest BCUT2D eigenvalue weighted by atomic mass is 10.1. The highest BCUT2D eigenvalue weighted by Crippen LogP contribution is 2.25. The van der Waals surface area contributed by atoms with E-state index in [-0.39, 0.29) is 19.0 Å². The van der Waals surface area contributed by atoms with Gasteiger partial charge < -0.3 is 20.7 Å². The Bertz CT molecular complexity index is 1280. The third-order valence-electron chi connectivity index (χ3n) is 5.73. The van der Waals surface area contributed by atoms with Crippen LogP contribution in [0.1, 0.15) is 18.1 Å². The molecule has 1 fully saturated rings. The van der Waals surface area contributed by atoms with E-state index < -0.39 is 24.3 Å². The molecule has 0 radical (unpaired) electrons. The summed E-state index contributed by atoms with van der Waals surface area (Å²) in [6.45, 7) is 3.49. The van der Waals surface area contributed by atoms with Gasteiger partial charge in [-0.3, -0.25) is 19.9 Å². The first kappa shape index (κ1) is 25.5. The van der Waals surface area contributed by atoms with E-state index in [9.17, 15) is 19.8 Å². The molecule has 0 spiro atoms. The number of aryl methyl sites for hydroxylation is 1. The molecule has 0 aliphatic carbocycles. The van der Waals surface area contributed by atoms with Crippen molar-refractivity contribution in [1.82, 2.24) is 20.1 Å². The third-order valence-corrected chi connectivity index (χ3v) is 5.73. The highest BCUT2D eigenvalue weighted by molar-refractivity contribution is 5.99. The first-order chi connectivity index (χ1) is 17.7. The Morgan fingerprint density at radius 2 is 1.84 bits per heavy atom. The molecule has 2 atom stereocenters. The Morgan fingerprint density at radius 3 is 2.46 bits per heavy atom. The minimum absolute atomic E-state index is 0.131. The number of carbonyl (C=O) groups excluding carboxylic acids is 1. The number of hydrogen-bond donors (Lipinski definition) is 4. The number of nitrogens with one attached hydrogen (secondary N) is 1. The van der Waals surface area contributed by atoms with Crippen LogP contribution in [-0.2, 0) is 11.3 Å². The fourth-order valence-electron chi connectivity index (χ4n) is 3.59. The van der Waals surface area contributed by atoms with Gasteiger partial charge in [-0.2, -0.15) is 0 Å². The summed E-state index contributed by atoms with van der Waals surface area (Å²) in [5.74, 6) is -0.898. The Hall–Kier alpha value is -4.64. The molecule has 11 heteroatoms. The van der Waals surface area contributed by atoms with Crippen LogP contribution in [0.4, 0.5) is 16.2 Å². The molecule has 11 nitrogen and oxygen atoms in total. The predicted octanol–water partition coefficient (Wildman–Crippen LogP) is 3.28. The minimum atomic E-state index is -1.42. The van der Waals surface area contributed by atoms with E-state index >= 15 is 0 Å². The largest absolute Gasteiger partial charge is 0.481 e. The van der Waals surface area contributed by atoms with Gasteiger partial charge in [0.25, 0.3) is 0 Å². The second-order valence-corrected chi connectivity index (χ2v) is 8.74. The molecular weight excluding hydrogens is 476 g/mol. The molecule has 1 saturated heterocycles. The number of ether oxygens (including phenoxy) is 1. The zero-order chi connectivity index (χ0) is 26.5. The van der Waals surface area contributed by atoms with Crippen LogP contribution in [-0.4, -0.2) is 55.9 Å². The lowest BCUT2D eigenvalue weighted by Gasteiger charge is -2.42. The Balaban J connectivity index is 1.58. The number of urea groups is 1. The number of carboxylic acids is 1. The topological polar surface area (TPSA) is 154 Å². The van der Waals surface area contributed by atoms with Crippen LogP contribution in [0.2, 0.25) is 0 Å². The van der Waals surface area contributed by atoms with Crippen LogP contribution in [0.5, 0.6) is 11.6 Å².